The molecule has 0 aliphatic rings. The van der Waals surface area contributed by atoms with Gasteiger partial charge in [0.15, 0.2) is 0 Å². The van der Waals surface area contributed by atoms with E-state index in [0.717, 1.165) is 5.56 Å². The molecule has 0 saturated carbocycles. The van der Waals surface area contributed by atoms with E-state index >= 15 is 0 Å². The Balaban J connectivity index is 2.08. The number of carbonyl (C=O) groups excluding carboxylic acids is 2. The number of nitriles is 1. The number of benzene rings is 2. The molecule has 6 nitrogen and oxygen atoms in total. The van der Waals surface area contributed by atoms with Crippen LogP contribution in [-0.2, 0) is 16.1 Å². The van der Waals surface area contributed by atoms with Crippen molar-refractivity contribution in [1.29, 1.82) is 5.26 Å². The third-order valence-electron chi connectivity index (χ3n) is 3.61. The van der Waals surface area contributed by atoms with Crippen molar-refractivity contribution in [3.8, 4) is 6.07 Å². The molecule has 0 heterocycles. The number of ether oxygens (including phenoxy) is 1. The van der Waals surface area contributed by atoms with Gasteiger partial charge in [0.25, 0.3) is 0 Å². The molecule has 2 aromatic rings. The number of nitrogens with zero attached hydrogens (tertiary/aromatic N) is 1. The second kappa shape index (κ2) is 8.86. The summed E-state index contributed by atoms with van der Waals surface area (Å²) in [6, 6.07) is 17.1. The summed E-state index contributed by atoms with van der Waals surface area (Å²) in [4.78, 5) is 24.9. The van der Waals surface area contributed by atoms with Crippen LogP contribution < -0.4 is 10.6 Å². The summed E-state index contributed by atoms with van der Waals surface area (Å²) in [5.41, 5.74) is 1.40. The fourth-order valence-electron chi connectivity index (χ4n) is 2.36. The first-order valence-corrected chi connectivity index (χ1v) is 8.60. The summed E-state index contributed by atoms with van der Waals surface area (Å²) in [5.74, 6) is -0.351. The molecular weight excluding hydrogens is 342 g/mol. The number of hydrogen-bond acceptors (Lipinski definition) is 4. The third kappa shape index (κ3) is 6.48. The number of alkyl carbamates (subject to hydrolysis) is 1. The van der Waals surface area contributed by atoms with Gasteiger partial charge in [0, 0.05) is 6.54 Å². The van der Waals surface area contributed by atoms with E-state index in [0.29, 0.717) is 11.1 Å². The minimum atomic E-state index is -0.876. The van der Waals surface area contributed by atoms with Gasteiger partial charge < -0.3 is 15.4 Å². The predicted octanol–water partition coefficient (Wildman–Crippen LogP) is 3.44. The Kier molecular flexibility index (Phi) is 6.56. The van der Waals surface area contributed by atoms with Crippen molar-refractivity contribution in [1.82, 2.24) is 10.6 Å². The van der Waals surface area contributed by atoms with Gasteiger partial charge in [-0.1, -0.05) is 42.5 Å². The first-order chi connectivity index (χ1) is 12.8. The van der Waals surface area contributed by atoms with Gasteiger partial charge in [0.2, 0.25) is 5.91 Å². The van der Waals surface area contributed by atoms with Crippen LogP contribution in [0.2, 0.25) is 0 Å². The topological polar surface area (TPSA) is 91.2 Å². The van der Waals surface area contributed by atoms with Crippen LogP contribution in [0.5, 0.6) is 0 Å². The lowest BCUT2D eigenvalue weighted by Crippen LogP contribution is -2.42. The highest BCUT2D eigenvalue weighted by atomic mass is 16.6. The Bertz CT molecular complexity index is 818. The molecule has 0 bridgehead atoms. The Morgan fingerprint density at radius 3 is 2.26 bits per heavy atom. The Morgan fingerprint density at radius 1 is 1.07 bits per heavy atom. The summed E-state index contributed by atoms with van der Waals surface area (Å²) >= 11 is 0. The molecule has 0 aliphatic heterocycles. The maximum absolute atomic E-state index is 12.7. The number of hydrogen-bond donors (Lipinski definition) is 2. The fourth-order valence-corrected chi connectivity index (χ4v) is 2.36. The predicted molar refractivity (Wildman–Crippen MR) is 102 cm³/mol. The third-order valence-corrected chi connectivity index (χ3v) is 3.61. The lowest BCUT2D eigenvalue weighted by molar-refractivity contribution is -0.123. The molecule has 2 amide bonds. The standard InChI is InChI=1S/C21H23N3O3/c1-21(2,3)27-20(26)24-18(17-7-5-4-6-8-17)19(25)23-14-16-11-9-15(13-22)10-12-16/h4-12,18H,14H2,1-3H3,(H,23,25)(H,24,26). The van der Waals surface area contributed by atoms with Crippen LogP contribution >= 0.6 is 0 Å². The zero-order valence-electron chi connectivity index (χ0n) is 15.7. The zero-order valence-corrected chi connectivity index (χ0v) is 15.7. The second-order valence-electron chi connectivity index (χ2n) is 7.02. The van der Waals surface area contributed by atoms with Crippen LogP contribution in [0.1, 0.15) is 43.5 Å². The minimum Gasteiger partial charge on any atom is -0.444 e. The summed E-state index contributed by atoms with van der Waals surface area (Å²) < 4.78 is 5.27. The quantitative estimate of drug-likeness (QED) is 0.849. The van der Waals surface area contributed by atoms with Gasteiger partial charge in [0.1, 0.15) is 11.6 Å². The van der Waals surface area contributed by atoms with Crippen LogP contribution in [-0.4, -0.2) is 17.6 Å². The van der Waals surface area contributed by atoms with Gasteiger partial charge in [-0.3, -0.25) is 4.79 Å². The molecule has 0 fully saturated rings. The van der Waals surface area contributed by atoms with E-state index < -0.39 is 17.7 Å². The number of nitrogens with one attached hydrogen (secondary N) is 2. The smallest absolute Gasteiger partial charge is 0.408 e. The lowest BCUT2D eigenvalue weighted by Gasteiger charge is -2.23. The second-order valence-corrected chi connectivity index (χ2v) is 7.02. The monoisotopic (exact) mass is 365 g/mol. The first-order valence-electron chi connectivity index (χ1n) is 8.60. The molecule has 2 aromatic carbocycles. The van der Waals surface area contributed by atoms with Crippen molar-refractivity contribution in [2.24, 2.45) is 0 Å². The van der Waals surface area contributed by atoms with E-state index in [1.165, 1.54) is 0 Å². The number of amides is 2. The summed E-state index contributed by atoms with van der Waals surface area (Å²) in [5, 5.41) is 14.3. The van der Waals surface area contributed by atoms with Gasteiger partial charge in [0.05, 0.1) is 11.6 Å². The van der Waals surface area contributed by atoms with Crippen molar-refractivity contribution in [3.05, 3.63) is 71.3 Å². The molecule has 0 saturated heterocycles. The number of carbonyl (C=O) groups is 2. The van der Waals surface area contributed by atoms with E-state index in [4.69, 9.17) is 10.00 Å². The largest absolute Gasteiger partial charge is 0.444 e. The van der Waals surface area contributed by atoms with Gasteiger partial charge in [-0.25, -0.2) is 4.79 Å². The summed E-state index contributed by atoms with van der Waals surface area (Å²) in [6.45, 7) is 5.56. The molecule has 0 radical (unpaired) electrons. The van der Waals surface area contributed by atoms with E-state index in [2.05, 4.69) is 16.7 Å². The molecular formula is C21H23N3O3. The van der Waals surface area contributed by atoms with Gasteiger partial charge in [-0.2, -0.15) is 5.26 Å². The van der Waals surface area contributed by atoms with Crippen molar-refractivity contribution >= 4 is 12.0 Å². The van der Waals surface area contributed by atoms with Crippen LogP contribution in [0.3, 0.4) is 0 Å². The molecule has 2 N–H and O–H groups in total. The fraction of sp³-hybridized carbons (Fsp3) is 0.286. The maximum Gasteiger partial charge on any atom is 0.408 e. The van der Waals surface area contributed by atoms with Crippen LogP contribution in [0.4, 0.5) is 4.79 Å². The average Bonchev–Trinajstić information content (AvgIpc) is 2.64. The molecule has 140 valence electrons. The van der Waals surface area contributed by atoms with Gasteiger partial charge >= 0.3 is 6.09 Å². The normalized spacial score (nSPS) is 11.8. The van der Waals surface area contributed by atoms with Gasteiger partial charge in [-0.05, 0) is 44.0 Å². The Labute approximate surface area is 159 Å². The minimum absolute atomic E-state index is 0.282. The zero-order chi connectivity index (χ0) is 19.9. The highest BCUT2D eigenvalue weighted by Gasteiger charge is 2.25. The summed E-state index contributed by atoms with van der Waals surface area (Å²) in [6.07, 6.45) is -0.662. The lowest BCUT2D eigenvalue weighted by atomic mass is 10.1. The van der Waals surface area contributed by atoms with Crippen molar-refractivity contribution in [2.75, 3.05) is 0 Å². The van der Waals surface area contributed by atoms with Crippen molar-refractivity contribution in [2.45, 2.75) is 39.0 Å². The molecule has 2 rings (SSSR count). The summed E-state index contributed by atoms with van der Waals surface area (Å²) in [7, 11) is 0. The van der Waals surface area contributed by atoms with Crippen molar-refractivity contribution in [3.63, 3.8) is 0 Å². The first kappa shape index (κ1) is 20.0. The van der Waals surface area contributed by atoms with E-state index in [9.17, 15) is 9.59 Å². The highest BCUT2D eigenvalue weighted by Crippen LogP contribution is 2.15. The molecule has 0 aliphatic carbocycles. The average molecular weight is 365 g/mol. The molecule has 1 unspecified atom stereocenters. The SMILES string of the molecule is CC(C)(C)OC(=O)NC(C(=O)NCc1ccc(C#N)cc1)c1ccccc1. The molecule has 27 heavy (non-hydrogen) atoms. The van der Waals surface area contributed by atoms with Crippen LogP contribution in [0.25, 0.3) is 0 Å². The van der Waals surface area contributed by atoms with E-state index in [-0.39, 0.29) is 12.5 Å². The molecule has 0 aromatic heterocycles. The Hall–Kier alpha value is -3.33. The van der Waals surface area contributed by atoms with E-state index in [1.54, 1.807) is 69.3 Å². The maximum atomic E-state index is 12.7. The molecule has 1 atom stereocenters. The van der Waals surface area contributed by atoms with Gasteiger partial charge in [-0.15, -0.1) is 0 Å². The van der Waals surface area contributed by atoms with E-state index in [1.807, 2.05) is 6.07 Å². The number of rotatable bonds is 5. The highest BCUT2D eigenvalue weighted by molar-refractivity contribution is 5.86. The molecule has 6 heteroatoms. The van der Waals surface area contributed by atoms with Crippen LogP contribution in [0.15, 0.2) is 54.6 Å². The molecule has 0 spiro atoms. The van der Waals surface area contributed by atoms with Crippen molar-refractivity contribution < 1.29 is 14.3 Å². The van der Waals surface area contributed by atoms with Crippen LogP contribution in [0, 0.1) is 11.3 Å². The Morgan fingerprint density at radius 2 is 1.70 bits per heavy atom.